The van der Waals surface area contributed by atoms with E-state index in [-0.39, 0.29) is 0 Å². The molecule has 2 atom stereocenters. The molecule has 0 aromatic rings. The lowest BCUT2D eigenvalue weighted by Gasteiger charge is -2.11. The topological polar surface area (TPSA) is 23.5 Å². The van der Waals surface area contributed by atoms with E-state index in [4.69, 9.17) is 5.11 Å². The quantitative estimate of drug-likeness (QED) is 0.598. The molecule has 2 fully saturated rings. The molecule has 2 nitrogen and oxygen atoms in total. The molecule has 2 unspecified atom stereocenters. The number of hydrogen-bond acceptors (Lipinski definition) is 3. The van der Waals surface area contributed by atoms with Crippen LogP contribution in [0.2, 0.25) is 0 Å². The molecule has 10 heavy (non-hydrogen) atoms. The summed E-state index contributed by atoms with van der Waals surface area (Å²) in [5.74, 6) is 3.06. The van der Waals surface area contributed by atoms with E-state index in [9.17, 15) is 0 Å². The summed E-state index contributed by atoms with van der Waals surface area (Å²) in [7, 11) is 0. The lowest BCUT2D eigenvalue weighted by molar-refractivity contribution is 0.227. The Hall–Kier alpha value is 0.270. The predicted molar refractivity (Wildman–Crippen MR) is 43.0 cm³/mol. The van der Waals surface area contributed by atoms with Gasteiger partial charge in [0.25, 0.3) is 0 Å². The minimum Gasteiger partial charge on any atom is -0.396 e. The molecule has 0 aromatic heterocycles. The van der Waals surface area contributed by atoms with Crippen molar-refractivity contribution in [1.29, 1.82) is 0 Å². The molecule has 0 bridgehead atoms. The normalized spacial score (nSPS) is 40.5. The SMILES string of the molecule is OCC1CC2CSCN2C1. The largest absolute Gasteiger partial charge is 0.396 e. The highest BCUT2D eigenvalue weighted by atomic mass is 32.2. The van der Waals surface area contributed by atoms with Gasteiger partial charge in [-0.25, -0.2) is 0 Å². The molecule has 0 radical (unpaired) electrons. The fourth-order valence-corrected chi connectivity index (χ4v) is 3.13. The lowest BCUT2D eigenvalue weighted by Crippen LogP contribution is -2.23. The van der Waals surface area contributed by atoms with Gasteiger partial charge in [0, 0.05) is 30.8 Å². The molecule has 0 spiro atoms. The van der Waals surface area contributed by atoms with Gasteiger partial charge >= 0.3 is 0 Å². The van der Waals surface area contributed by atoms with Gasteiger partial charge in [0.2, 0.25) is 0 Å². The molecule has 2 heterocycles. The zero-order chi connectivity index (χ0) is 6.97. The molecule has 3 heteroatoms. The van der Waals surface area contributed by atoms with Gasteiger partial charge < -0.3 is 5.11 Å². The molecule has 0 aliphatic carbocycles. The summed E-state index contributed by atoms with van der Waals surface area (Å²) in [6.07, 6.45) is 1.23. The van der Waals surface area contributed by atoms with Crippen molar-refractivity contribution in [2.75, 3.05) is 24.8 Å². The minimum absolute atomic E-state index is 0.387. The van der Waals surface area contributed by atoms with Crippen molar-refractivity contribution in [3.8, 4) is 0 Å². The van der Waals surface area contributed by atoms with Crippen molar-refractivity contribution in [2.24, 2.45) is 5.92 Å². The van der Waals surface area contributed by atoms with Crippen LogP contribution < -0.4 is 0 Å². The Labute approximate surface area is 65.6 Å². The average Bonchev–Trinajstić information content (AvgIpc) is 2.42. The molecule has 1 N–H and O–H groups in total. The summed E-state index contributed by atoms with van der Waals surface area (Å²) in [4.78, 5) is 2.49. The first-order chi connectivity index (χ1) is 4.90. The smallest absolute Gasteiger partial charge is 0.0472 e. The van der Waals surface area contributed by atoms with Gasteiger partial charge in [0.15, 0.2) is 0 Å². The van der Waals surface area contributed by atoms with Gasteiger partial charge in [-0.05, 0) is 12.3 Å². The van der Waals surface area contributed by atoms with Crippen LogP contribution in [0.4, 0.5) is 0 Å². The van der Waals surface area contributed by atoms with Crippen molar-refractivity contribution in [2.45, 2.75) is 12.5 Å². The van der Waals surface area contributed by atoms with Crippen molar-refractivity contribution >= 4 is 11.8 Å². The zero-order valence-electron chi connectivity index (χ0n) is 5.99. The van der Waals surface area contributed by atoms with Crippen LogP contribution in [0, 0.1) is 5.92 Å². The molecular weight excluding hydrogens is 146 g/mol. The standard InChI is InChI=1S/C7H13NOS/c9-3-6-1-7-4-10-5-8(7)2-6/h6-7,9H,1-5H2. The van der Waals surface area contributed by atoms with Crippen LogP contribution in [0.1, 0.15) is 6.42 Å². The molecule has 0 amide bonds. The van der Waals surface area contributed by atoms with Crippen LogP contribution in [0.5, 0.6) is 0 Å². The van der Waals surface area contributed by atoms with Crippen LogP contribution in [0.3, 0.4) is 0 Å². The van der Waals surface area contributed by atoms with Crippen molar-refractivity contribution in [1.82, 2.24) is 4.90 Å². The Bertz CT molecular complexity index is 119. The van der Waals surface area contributed by atoms with Crippen molar-refractivity contribution < 1.29 is 5.11 Å². The molecule has 2 rings (SSSR count). The number of nitrogens with zero attached hydrogens (tertiary/aromatic N) is 1. The van der Waals surface area contributed by atoms with E-state index in [0.29, 0.717) is 12.5 Å². The Balaban J connectivity index is 1.94. The highest BCUT2D eigenvalue weighted by Crippen LogP contribution is 2.32. The minimum atomic E-state index is 0.387. The first-order valence-corrected chi connectivity index (χ1v) is 4.98. The highest BCUT2D eigenvalue weighted by Gasteiger charge is 2.34. The second-order valence-corrected chi connectivity index (χ2v) is 4.21. The number of hydrogen-bond donors (Lipinski definition) is 1. The first kappa shape index (κ1) is 6.95. The third kappa shape index (κ3) is 1.06. The molecule has 0 aromatic carbocycles. The van der Waals surface area contributed by atoms with E-state index >= 15 is 0 Å². The van der Waals surface area contributed by atoms with Gasteiger partial charge in [-0.3, -0.25) is 4.90 Å². The molecule has 2 saturated heterocycles. The molecule has 2 aliphatic rings. The van der Waals surface area contributed by atoms with Crippen LogP contribution in [-0.2, 0) is 0 Å². The maximum Gasteiger partial charge on any atom is 0.0472 e. The van der Waals surface area contributed by atoms with Gasteiger partial charge in [0.1, 0.15) is 0 Å². The zero-order valence-corrected chi connectivity index (χ0v) is 6.81. The van der Waals surface area contributed by atoms with Gasteiger partial charge in [-0.2, -0.15) is 0 Å². The summed E-state index contributed by atoms with van der Waals surface area (Å²) in [5.41, 5.74) is 0. The lowest BCUT2D eigenvalue weighted by atomic mass is 10.1. The first-order valence-electron chi connectivity index (χ1n) is 3.83. The summed E-state index contributed by atoms with van der Waals surface area (Å²) < 4.78 is 0. The third-order valence-electron chi connectivity index (χ3n) is 2.44. The Morgan fingerprint density at radius 1 is 1.60 bits per heavy atom. The van der Waals surface area contributed by atoms with Gasteiger partial charge in [-0.15, -0.1) is 11.8 Å². The van der Waals surface area contributed by atoms with E-state index < -0.39 is 0 Å². The second-order valence-electron chi connectivity index (χ2n) is 3.21. The molecule has 2 aliphatic heterocycles. The number of aliphatic hydroxyl groups is 1. The number of fused-ring (bicyclic) bond motifs is 1. The Morgan fingerprint density at radius 2 is 2.50 bits per heavy atom. The molecule has 0 saturated carbocycles. The number of aliphatic hydroxyl groups excluding tert-OH is 1. The van der Waals surface area contributed by atoms with Gasteiger partial charge in [0.05, 0.1) is 0 Å². The molecular formula is C7H13NOS. The van der Waals surface area contributed by atoms with Crippen molar-refractivity contribution in [3.63, 3.8) is 0 Å². The number of thioether (sulfide) groups is 1. The summed E-state index contributed by atoms with van der Waals surface area (Å²) in [6, 6.07) is 0.794. The Kier molecular flexibility index (Phi) is 1.89. The maximum atomic E-state index is 8.89. The Morgan fingerprint density at radius 3 is 3.20 bits per heavy atom. The van der Waals surface area contributed by atoms with E-state index in [2.05, 4.69) is 4.90 Å². The second kappa shape index (κ2) is 2.72. The van der Waals surface area contributed by atoms with E-state index in [0.717, 1.165) is 12.6 Å². The fraction of sp³-hybridized carbons (Fsp3) is 1.00. The van der Waals surface area contributed by atoms with E-state index in [1.54, 1.807) is 0 Å². The monoisotopic (exact) mass is 159 g/mol. The summed E-state index contributed by atoms with van der Waals surface area (Å²) >= 11 is 2.02. The maximum absolute atomic E-state index is 8.89. The number of rotatable bonds is 1. The van der Waals surface area contributed by atoms with Gasteiger partial charge in [-0.1, -0.05) is 0 Å². The van der Waals surface area contributed by atoms with Crippen LogP contribution in [-0.4, -0.2) is 40.8 Å². The van der Waals surface area contributed by atoms with Crippen LogP contribution in [0.25, 0.3) is 0 Å². The predicted octanol–water partition coefficient (Wildman–Crippen LogP) is 0.373. The van der Waals surface area contributed by atoms with Crippen LogP contribution >= 0.6 is 11.8 Å². The summed E-state index contributed by atoms with van der Waals surface area (Å²) in [5, 5.41) is 8.89. The summed E-state index contributed by atoms with van der Waals surface area (Å²) in [6.45, 7) is 1.52. The molecule has 58 valence electrons. The highest BCUT2D eigenvalue weighted by molar-refractivity contribution is 7.99. The average molecular weight is 159 g/mol. The van der Waals surface area contributed by atoms with Crippen LogP contribution in [0.15, 0.2) is 0 Å². The fourth-order valence-electron chi connectivity index (χ4n) is 1.86. The third-order valence-corrected chi connectivity index (χ3v) is 3.57. The van der Waals surface area contributed by atoms with Crippen molar-refractivity contribution in [3.05, 3.63) is 0 Å². The van der Waals surface area contributed by atoms with E-state index in [1.807, 2.05) is 11.8 Å². The van der Waals surface area contributed by atoms with E-state index in [1.165, 1.54) is 18.1 Å².